The van der Waals surface area contributed by atoms with E-state index in [9.17, 15) is 4.79 Å². The van der Waals surface area contributed by atoms with Gasteiger partial charge in [0.2, 0.25) is 0 Å². The standard InChI is InChI=1S/C22H31N3O4/c1-16(2)7-12-28-20-6-5-18(14-21(20)27-4)22(26)25-10-8-24(9-11-25)15-19-13-17(3)23-29-19/h5-6,13-14,16H,7-12,15H2,1-4H3. The number of aryl methyl sites for hydroxylation is 1. The highest BCUT2D eigenvalue weighted by atomic mass is 16.5. The lowest BCUT2D eigenvalue weighted by atomic mass is 10.1. The third-order valence-corrected chi connectivity index (χ3v) is 5.08. The van der Waals surface area contributed by atoms with Crippen LogP contribution in [0.15, 0.2) is 28.8 Å². The first-order valence-electron chi connectivity index (χ1n) is 10.2. The second kappa shape index (κ2) is 9.78. The molecule has 1 aromatic heterocycles. The van der Waals surface area contributed by atoms with Crippen molar-refractivity contribution in [1.82, 2.24) is 15.0 Å². The van der Waals surface area contributed by atoms with Crippen molar-refractivity contribution in [2.24, 2.45) is 5.92 Å². The van der Waals surface area contributed by atoms with Gasteiger partial charge in [0.15, 0.2) is 17.3 Å². The van der Waals surface area contributed by atoms with Crippen LogP contribution in [0.2, 0.25) is 0 Å². The molecule has 7 nitrogen and oxygen atoms in total. The van der Waals surface area contributed by atoms with Crippen LogP contribution in [-0.2, 0) is 6.54 Å². The molecular formula is C22H31N3O4. The van der Waals surface area contributed by atoms with Gasteiger partial charge in [-0.25, -0.2) is 0 Å². The Kier molecular flexibility index (Phi) is 7.14. The van der Waals surface area contributed by atoms with Gasteiger partial charge in [-0.1, -0.05) is 19.0 Å². The summed E-state index contributed by atoms with van der Waals surface area (Å²) in [5, 5.41) is 3.93. The molecule has 29 heavy (non-hydrogen) atoms. The molecule has 0 unspecified atom stereocenters. The number of nitrogens with zero attached hydrogens (tertiary/aromatic N) is 3. The van der Waals surface area contributed by atoms with Crippen LogP contribution >= 0.6 is 0 Å². The highest BCUT2D eigenvalue weighted by Gasteiger charge is 2.23. The van der Waals surface area contributed by atoms with E-state index in [4.69, 9.17) is 14.0 Å². The van der Waals surface area contributed by atoms with Gasteiger partial charge < -0.3 is 18.9 Å². The molecule has 158 valence electrons. The lowest BCUT2D eigenvalue weighted by Gasteiger charge is -2.34. The summed E-state index contributed by atoms with van der Waals surface area (Å²) >= 11 is 0. The number of amides is 1. The smallest absolute Gasteiger partial charge is 0.254 e. The van der Waals surface area contributed by atoms with Crippen LogP contribution in [0.25, 0.3) is 0 Å². The average Bonchev–Trinajstić information content (AvgIpc) is 3.12. The Morgan fingerprint density at radius 1 is 1.17 bits per heavy atom. The van der Waals surface area contributed by atoms with Gasteiger partial charge in [-0.2, -0.15) is 0 Å². The summed E-state index contributed by atoms with van der Waals surface area (Å²) in [6.45, 7) is 10.6. The number of hydrogen-bond donors (Lipinski definition) is 0. The van der Waals surface area contributed by atoms with Crippen molar-refractivity contribution in [1.29, 1.82) is 0 Å². The molecule has 0 bridgehead atoms. The fraction of sp³-hybridized carbons (Fsp3) is 0.545. The van der Waals surface area contributed by atoms with Gasteiger partial charge >= 0.3 is 0 Å². The molecule has 1 saturated heterocycles. The highest BCUT2D eigenvalue weighted by molar-refractivity contribution is 5.95. The molecule has 2 heterocycles. The SMILES string of the molecule is COc1cc(C(=O)N2CCN(Cc3cc(C)no3)CC2)ccc1OCCC(C)C. The Labute approximate surface area is 172 Å². The van der Waals surface area contributed by atoms with Crippen LogP contribution in [0.3, 0.4) is 0 Å². The monoisotopic (exact) mass is 401 g/mol. The topological polar surface area (TPSA) is 68.0 Å². The summed E-state index contributed by atoms with van der Waals surface area (Å²) in [4.78, 5) is 17.1. The number of carbonyl (C=O) groups is 1. The first-order chi connectivity index (χ1) is 14.0. The molecule has 1 aliphatic heterocycles. The first-order valence-corrected chi connectivity index (χ1v) is 10.2. The zero-order chi connectivity index (χ0) is 20.8. The number of hydrogen-bond acceptors (Lipinski definition) is 6. The molecule has 1 aliphatic rings. The largest absolute Gasteiger partial charge is 0.493 e. The minimum Gasteiger partial charge on any atom is -0.493 e. The van der Waals surface area contributed by atoms with Crippen LogP contribution in [0.5, 0.6) is 11.5 Å². The first kappa shape index (κ1) is 21.2. The number of rotatable bonds is 8. The van der Waals surface area contributed by atoms with Crippen molar-refractivity contribution in [2.45, 2.75) is 33.7 Å². The summed E-state index contributed by atoms with van der Waals surface area (Å²) in [5.74, 6) is 2.73. The zero-order valence-corrected chi connectivity index (χ0v) is 17.8. The molecule has 1 aromatic carbocycles. The van der Waals surface area contributed by atoms with Crippen molar-refractivity contribution in [2.75, 3.05) is 39.9 Å². The number of carbonyl (C=O) groups excluding carboxylic acids is 1. The van der Waals surface area contributed by atoms with Gasteiger partial charge in [0.25, 0.3) is 5.91 Å². The Balaban J connectivity index is 1.56. The van der Waals surface area contributed by atoms with Gasteiger partial charge in [-0.15, -0.1) is 0 Å². The fourth-order valence-corrected chi connectivity index (χ4v) is 3.33. The number of methoxy groups -OCH3 is 1. The third-order valence-electron chi connectivity index (χ3n) is 5.08. The lowest BCUT2D eigenvalue weighted by Crippen LogP contribution is -2.48. The molecule has 0 radical (unpaired) electrons. The van der Waals surface area contributed by atoms with Crippen LogP contribution in [0.1, 0.15) is 42.1 Å². The summed E-state index contributed by atoms with van der Waals surface area (Å²) in [5.41, 5.74) is 1.51. The summed E-state index contributed by atoms with van der Waals surface area (Å²) < 4.78 is 16.6. The second-order valence-corrected chi connectivity index (χ2v) is 7.90. The molecule has 0 aliphatic carbocycles. The van der Waals surface area contributed by atoms with E-state index in [2.05, 4.69) is 23.9 Å². The molecule has 2 aromatic rings. The summed E-state index contributed by atoms with van der Waals surface area (Å²) in [7, 11) is 1.60. The Bertz CT molecular complexity index is 810. The van der Waals surface area contributed by atoms with E-state index in [-0.39, 0.29) is 5.91 Å². The van der Waals surface area contributed by atoms with Gasteiger partial charge in [-0.05, 0) is 37.5 Å². The van der Waals surface area contributed by atoms with E-state index in [1.54, 1.807) is 13.2 Å². The van der Waals surface area contributed by atoms with E-state index in [1.807, 2.05) is 30.0 Å². The maximum absolute atomic E-state index is 12.9. The fourth-order valence-electron chi connectivity index (χ4n) is 3.33. The number of aromatic nitrogens is 1. The molecule has 3 rings (SSSR count). The van der Waals surface area contributed by atoms with Crippen molar-refractivity contribution in [3.8, 4) is 11.5 Å². The van der Waals surface area contributed by atoms with Crippen LogP contribution < -0.4 is 9.47 Å². The van der Waals surface area contributed by atoms with E-state index >= 15 is 0 Å². The van der Waals surface area contributed by atoms with E-state index in [0.717, 1.165) is 37.5 Å². The maximum atomic E-state index is 12.9. The highest BCUT2D eigenvalue weighted by Crippen LogP contribution is 2.29. The van der Waals surface area contributed by atoms with Gasteiger partial charge in [0.1, 0.15) is 0 Å². The average molecular weight is 402 g/mol. The van der Waals surface area contributed by atoms with Crippen molar-refractivity contribution >= 4 is 5.91 Å². The molecule has 0 atom stereocenters. The van der Waals surface area contributed by atoms with Gasteiger partial charge in [0, 0.05) is 37.8 Å². The normalized spacial score (nSPS) is 15.0. The molecule has 0 saturated carbocycles. The number of ether oxygens (including phenoxy) is 2. The predicted molar refractivity (Wildman–Crippen MR) is 110 cm³/mol. The molecule has 0 spiro atoms. The van der Waals surface area contributed by atoms with Crippen LogP contribution in [0, 0.1) is 12.8 Å². The predicted octanol–water partition coefficient (Wildman–Crippen LogP) is 3.37. The molecule has 1 amide bonds. The van der Waals surface area contributed by atoms with Crippen molar-refractivity contribution in [3.63, 3.8) is 0 Å². The minimum absolute atomic E-state index is 0.0205. The Morgan fingerprint density at radius 2 is 1.93 bits per heavy atom. The van der Waals surface area contributed by atoms with Gasteiger partial charge in [0.05, 0.1) is 26.0 Å². The quantitative estimate of drug-likeness (QED) is 0.676. The molecule has 0 N–H and O–H groups in total. The molecule has 7 heteroatoms. The van der Waals surface area contributed by atoms with E-state index in [0.29, 0.717) is 42.7 Å². The van der Waals surface area contributed by atoms with Crippen molar-refractivity contribution < 1.29 is 18.8 Å². The Morgan fingerprint density at radius 3 is 2.55 bits per heavy atom. The second-order valence-electron chi connectivity index (χ2n) is 7.90. The number of benzene rings is 1. The zero-order valence-electron chi connectivity index (χ0n) is 17.8. The Hall–Kier alpha value is -2.54. The molecule has 1 fully saturated rings. The third kappa shape index (κ3) is 5.73. The minimum atomic E-state index is 0.0205. The molecular weight excluding hydrogens is 370 g/mol. The maximum Gasteiger partial charge on any atom is 0.254 e. The summed E-state index contributed by atoms with van der Waals surface area (Å²) in [6.07, 6.45) is 0.974. The van der Waals surface area contributed by atoms with E-state index < -0.39 is 0 Å². The lowest BCUT2D eigenvalue weighted by molar-refractivity contribution is 0.0617. The van der Waals surface area contributed by atoms with Crippen LogP contribution in [-0.4, -0.2) is 60.8 Å². The van der Waals surface area contributed by atoms with Gasteiger partial charge in [-0.3, -0.25) is 9.69 Å². The van der Waals surface area contributed by atoms with Crippen LogP contribution in [0.4, 0.5) is 0 Å². The summed E-state index contributed by atoms with van der Waals surface area (Å²) in [6, 6.07) is 7.37. The van der Waals surface area contributed by atoms with E-state index in [1.165, 1.54) is 0 Å². The van der Waals surface area contributed by atoms with Crippen molar-refractivity contribution in [3.05, 3.63) is 41.3 Å². The number of piperazine rings is 1.